The molecule has 0 aromatic carbocycles. The standard InChI is InChI=1S/C10H20O/c1-3-5-9(6-4-2)10-7-11-8-10/h9-10H,3-8H2,1-2H3. The highest BCUT2D eigenvalue weighted by Gasteiger charge is 2.26. The van der Waals surface area contributed by atoms with Gasteiger partial charge in [-0.05, 0) is 5.92 Å². The van der Waals surface area contributed by atoms with E-state index in [0.29, 0.717) is 0 Å². The maximum atomic E-state index is 5.21. The van der Waals surface area contributed by atoms with Gasteiger partial charge in [-0.25, -0.2) is 0 Å². The second-order valence-corrected chi connectivity index (χ2v) is 3.63. The minimum atomic E-state index is 0.898. The van der Waals surface area contributed by atoms with Crippen LogP contribution in [0.15, 0.2) is 0 Å². The molecule has 1 aliphatic heterocycles. The van der Waals surface area contributed by atoms with Crippen LogP contribution in [0.4, 0.5) is 0 Å². The van der Waals surface area contributed by atoms with Gasteiger partial charge >= 0.3 is 0 Å². The van der Waals surface area contributed by atoms with Crippen LogP contribution in [0, 0.1) is 11.8 Å². The summed E-state index contributed by atoms with van der Waals surface area (Å²) in [7, 11) is 0. The Morgan fingerprint density at radius 1 is 1.18 bits per heavy atom. The molecule has 0 atom stereocenters. The van der Waals surface area contributed by atoms with Crippen LogP contribution in [-0.4, -0.2) is 13.2 Å². The largest absolute Gasteiger partial charge is 0.381 e. The summed E-state index contributed by atoms with van der Waals surface area (Å²) in [5.74, 6) is 1.86. The van der Waals surface area contributed by atoms with Crippen LogP contribution in [0.3, 0.4) is 0 Å². The Hall–Kier alpha value is -0.0400. The van der Waals surface area contributed by atoms with Crippen molar-refractivity contribution in [1.29, 1.82) is 0 Å². The van der Waals surface area contributed by atoms with Crippen molar-refractivity contribution in [2.75, 3.05) is 13.2 Å². The summed E-state index contributed by atoms with van der Waals surface area (Å²) in [5.41, 5.74) is 0. The van der Waals surface area contributed by atoms with Gasteiger partial charge in [-0.1, -0.05) is 39.5 Å². The zero-order valence-corrected chi connectivity index (χ0v) is 7.81. The minimum absolute atomic E-state index is 0.898. The molecule has 1 fully saturated rings. The molecule has 0 aliphatic carbocycles. The van der Waals surface area contributed by atoms with Crippen LogP contribution in [0.5, 0.6) is 0 Å². The van der Waals surface area contributed by atoms with E-state index in [1.807, 2.05) is 0 Å². The molecule has 1 heteroatoms. The Morgan fingerprint density at radius 3 is 2.00 bits per heavy atom. The molecular formula is C10H20O. The smallest absolute Gasteiger partial charge is 0.0519 e. The minimum Gasteiger partial charge on any atom is -0.381 e. The van der Waals surface area contributed by atoms with Gasteiger partial charge in [0, 0.05) is 5.92 Å². The summed E-state index contributed by atoms with van der Waals surface area (Å²) >= 11 is 0. The summed E-state index contributed by atoms with van der Waals surface area (Å²) in [6.45, 7) is 6.62. The third-order valence-corrected chi connectivity index (χ3v) is 2.65. The van der Waals surface area contributed by atoms with Gasteiger partial charge in [0.05, 0.1) is 13.2 Å². The van der Waals surface area contributed by atoms with Crippen molar-refractivity contribution in [1.82, 2.24) is 0 Å². The summed E-state index contributed by atoms with van der Waals surface area (Å²) in [5, 5.41) is 0. The van der Waals surface area contributed by atoms with Crippen LogP contribution >= 0.6 is 0 Å². The van der Waals surface area contributed by atoms with Crippen molar-refractivity contribution in [2.24, 2.45) is 11.8 Å². The molecule has 0 bridgehead atoms. The number of ether oxygens (including phenoxy) is 1. The molecule has 0 N–H and O–H groups in total. The van der Waals surface area contributed by atoms with E-state index >= 15 is 0 Å². The quantitative estimate of drug-likeness (QED) is 0.594. The molecule has 0 aromatic heterocycles. The van der Waals surface area contributed by atoms with E-state index in [9.17, 15) is 0 Å². The van der Waals surface area contributed by atoms with E-state index < -0.39 is 0 Å². The summed E-state index contributed by atoms with van der Waals surface area (Å²) in [4.78, 5) is 0. The van der Waals surface area contributed by atoms with E-state index in [1.165, 1.54) is 25.7 Å². The zero-order chi connectivity index (χ0) is 8.10. The highest BCUT2D eigenvalue weighted by Crippen LogP contribution is 2.28. The van der Waals surface area contributed by atoms with Gasteiger partial charge in [0.15, 0.2) is 0 Å². The molecule has 0 unspecified atom stereocenters. The molecular weight excluding hydrogens is 136 g/mol. The highest BCUT2D eigenvalue weighted by molar-refractivity contribution is 4.74. The molecule has 11 heavy (non-hydrogen) atoms. The number of hydrogen-bond acceptors (Lipinski definition) is 1. The Morgan fingerprint density at radius 2 is 1.73 bits per heavy atom. The Labute approximate surface area is 70.1 Å². The van der Waals surface area contributed by atoms with Crippen LogP contribution < -0.4 is 0 Å². The molecule has 1 rings (SSSR count). The van der Waals surface area contributed by atoms with Gasteiger partial charge in [-0.15, -0.1) is 0 Å². The van der Waals surface area contributed by atoms with Crippen LogP contribution in [0.25, 0.3) is 0 Å². The first-order valence-electron chi connectivity index (χ1n) is 4.96. The van der Waals surface area contributed by atoms with Gasteiger partial charge < -0.3 is 4.74 Å². The monoisotopic (exact) mass is 156 g/mol. The normalized spacial score (nSPS) is 18.8. The number of hydrogen-bond donors (Lipinski definition) is 0. The molecule has 1 nitrogen and oxygen atoms in total. The van der Waals surface area contributed by atoms with Crippen LogP contribution in [-0.2, 0) is 4.74 Å². The van der Waals surface area contributed by atoms with E-state index in [0.717, 1.165) is 25.0 Å². The van der Waals surface area contributed by atoms with Gasteiger partial charge in [-0.2, -0.15) is 0 Å². The molecule has 0 radical (unpaired) electrons. The first-order chi connectivity index (χ1) is 5.38. The molecule has 66 valence electrons. The van der Waals surface area contributed by atoms with Crippen LogP contribution in [0.1, 0.15) is 39.5 Å². The lowest BCUT2D eigenvalue weighted by molar-refractivity contribution is -0.0641. The van der Waals surface area contributed by atoms with Crippen molar-refractivity contribution < 1.29 is 4.74 Å². The molecule has 1 aliphatic rings. The lowest BCUT2D eigenvalue weighted by Gasteiger charge is -2.33. The van der Waals surface area contributed by atoms with Crippen molar-refractivity contribution in [3.63, 3.8) is 0 Å². The second-order valence-electron chi connectivity index (χ2n) is 3.63. The molecule has 1 saturated heterocycles. The van der Waals surface area contributed by atoms with Gasteiger partial charge in [0.25, 0.3) is 0 Å². The lowest BCUT2D eigenvalue weighted by Crippen LogP contribution is -2.34. The van der Waals surface area contributed by atoms with E-state index in [-0.39, 0.29) is 0 Å². The van der Waals surface area contributed by atoms with E-state index in [1.54, 1.807) is 0 Å². The Kier molecular flexibility index (Phi) is 3.92. The third-order valence-electron chi connectivity index (χ3n) is 2.65. The van der Waals surface area contributed by atoms with Gasteiger partial charge in [-0.3, -0.25) is 0 Å². The number of rotatable bonds is 5. The molecule has 0 saturated carbocycles. The molecule has 0 spiro atoms. The van der Waals surface area contributed by atoms with Crippen molar-refractivity contribution in [2.45, 2.75) is 39.5 Å². The van der Waals surface area contributed by atoms with Crippen molar-refractivity contribution in [3.8, 4) is 0 Å². The fourth-order valence-electron chi connectivity index (χ4n) is 1.88. The Balaban J connectivity index is 2.19. The fraction of sp³-hybridized carbons (Fsp3) is 1.00. The highest BCUT2D eigenvalue weighted by atomic mass is 16.5. The maximum absolute atomic E-state index is 5.21. The average molecular weight is 156 g/mol. The summed E-state index contributed by atoms with van der Waals surface area (Å²) in [6.07, 6.45) is 5.48. The average Bonchev–Trinajstić information content (AvgIpc) is 1.85. The van der Waals surface area contributed by atoms with Crippen LogP contribution in [0.2, 0.25) is 0 Å². The van der Waals surface area contributed by atoms with Gasteiger partial charge in [0.2, 0.25) is 0 Å². The van der Waals surface area contributed by atoms with E-state index in [4.69, 9.17) is 4.74 Å². The predicted molar refractivity (Wildman–Crippen MR) is 47.6 cm³/mol. The SMILES string of the molecule is CCCC(CCC)C1COC1. The Bertz CT molecular complexity index is 91.0. The van der Waals surface area contributed by atoms with Crippen molar-refractivity contribution >= 4 is 0 Å². The second kappa shape index (κ2) is 4.76. The fourth-order valence-corrected chi connectivity index (χ4v) is 1.88. The zero-order valence-electron chi connectivity index (χ0n) is 7.81. The first-order valence-corrected chi connectivity index (χ1v) is 4.96. The summed E-state index contributed by atoms with van der Waals surface area (Å²) in [6, 6.07) is 0. The molecule has 0 amide bonds. The first kappa shape index (κ1) is 9.05. The molecule has 0 aromatic rings. The maximum Gasteiger partial charge on any atom is 0.0519 e. The third kappa shape index (κ3) is 2.48. The predicted octanol–water partition coefficient (Wildman–Crippen LogP) is 2.85. The summed E-state index contributed by atoms with van der Waals surface area (Å²) < 4.78 is 5.21. The topological polar surface area (TPSA) is 9.23 Å². The van der Waals surface area contributed by atoms with E-state index in [2.05, 4.69) is 13.8 Å². The van der Waals surface area contributed by atoms with Gasteiger partial charge in [0.1, 0.15) is 0 Å². The lowest BCUT2D eigenvalue weighted by atomic mass is 9.84. The molecule has 1 heterocycles. The van der Waals surface area contributed by atoms with Crippen molar-refractivity contribution in [3.05, 3.63) is 0 Å².